The van der Waals surface area contributed by atoms with Gasteiger partial charge in [0.15, 0.2) is 0 Å². The Hall–Kier alpha value is -1.61. The molecule has 96 valence electrons. The summed E-state index contributed by atoms with van der Waals surface area (Å²) in [6.07, 6.45) is -0.478. The van der Waals surface area contributed by atoms with Crippen molar-refractivity contribution in [1.82, 2.24) is 0 Å². The Morgan fingerprint density at radius 1 is 1.47 bits per heavy atom. The van der Waals surface area contributed by atoms with Crippen LogP contribution in [0.15, 0.2) is 24.2 Å². The number of hydrogen-bond acceptors (Lipinski definition) is 8. The van der Waals surface area contributed by atoms with Gasteiger partial charge in [-0.25, -0.2) is 15.3 Å². The van der Waals surface area contributed by atoms with E-state index in [-0.39, 0.29) is 6.42 Å². The number of rotatable bonds is 6. The average molecular weight is 248 g/mol. The van der Waals surface area contributed by atoms with E-state index >= 15 is 0 Å². The maximum atomic E-state index is 11.3. The molecule has 8 heteroatoms. The van der Waals surface area contributed by atoms with Gasteiger partial charge in [0.1, 0.15) is 6.10 Å². The zero-order chi connectivity index (χ0) is 13.1. The predicted molar refractivity (Wildman–Crippen MR) is 51.2 cm³/mol. The van der Waals surface area contributed by atoms with Crippen molar-refractivity contribution in [2.75, 3.05) is 6.61 Å². The summed E-state index contributed by atoms with van der Waals surface area (Å²) in [6.45, 7) is 2.61. The van der Waals surface area contributed by atoms with Crippen LogP contribution in [0.2, 0.25) is 0 Å². The molecule has 0 saturated heterocycles. The van der Waals surface area contributed by atoms with E-state index in [9.17, 15) is 9.90 Å². The fraction of sp³-hybridized carbons (Fsp3) is 0.444. The maximum Gasteiger partial charge on any atom is 0.382 e. The summed E-state index contributed by atoms with van der Waals surface area (Å²) in [5.41, 5.74) is -1.87. The van der Waals surface area contributed by atoms with Gasteiger partial charge in [-0.05, 0) is 0 Å². The number of esters is 1. The second-order valence-electron chi connectivity index (χ2n) is 3.31. The molecule has 2 atom stereocenters. The molecule has 0 radical (unpaired) electrons. The minimum Gasteiger partial charge on any atom is -0.441 e. The highest BCUT2D eigenvalue weighted by atomic mass is 17.1. The lowest BCUT2D eigenvalue weighted by atomic mass is 9.91. The van der Waals surface area contributed by atoms with Crippen LogP contribution in [0.3, 0.4) is 0 Å². The van der Waals surface area contributed by atoms with Crippen molar-refractivity contribution in [3.05, 3.63) is 24.2 Å². The van der Waals surface area contributed by atoms with E-state index < -0.39 is 35.8 Å². The van der Waals surface area contributed by atoms with Gasteiger partial charge in [-0.3, -0.25) is 0 Å². The Bertz CT molecular complexity index is 349. The molecule has 0 saturated carbocycles. The fourth-order valence-electron chi connectivity index (χ4n) is 1.59. The Morgan fingerprint density at radius 2 is 2.12 bits per heavy atom. The predicted octanol–water partition coefficient (Wildman–Crippen LogP) is -0.598. The summed E-state index contributed by atoms with van der Waals surface area (Å²) in [7, 11) is 0. The highest BCUT2D eigenvalue weighted by molar-refractivity contribution is 5.90. The van der Waals surface area contributed by atoms with Crippen molar-refractivity contribution < 1.29 is 40.0 Å². The van der Waals surface area contributed by atoms with E-state index in [1.165, 1.54) is 6.08 Å². The Balaban J connectivity index is 3.27. The second kappa shape index (κ2) is 5.15. The molecule has 1 aliphatic heterocycles. The van der Waals surface area contributed by atoms with E-state index in [0.29, 0.717) is 0 Å². The van der Waals surface area contributed by atoms with Crippen molar-refractivity contribution in [2.24, 2.45) is 0 Å². The van der Waals surface area contributed by atoms with Crippen LogP contribution in [0.1, 0.15) is 6.42 Å². The largest absolute Gasteiger partial charge is 0.441 e. The van der Waals surface area contributed by atoms with Crippen LogP contribution < -0.4 is 0 Å². The van der Waals surface area contributed by atoms with Crippen molar-refractivity contribution in [3.8, 4) is 0 Å². The van der Waals surface area contributed by atoms with Crippen molar-refractivity contribution >= 4 is 5.97 Å². The number of cyclic esters (lactones) is 1. The zero-order valence-corrected chi connectivity index (χ0v) is 8.70. The molecule has 0 aromatic carbocycles. The highest BCUT2D eigenvalue weighted by Crippen LogP contribution is 2.39. The van der Waals surface area contributed by atoms with E-state index in [0.717, 1.165) is 0 Å². The third-order valence-electron chi connectivity index (χ3n) is 2.39. The molecule has 1 rings (SSSR count). The normalized spacial score (nSPS) is 25.5. The number of carbonyl (C=O) groups is 1. The van der Waals surface area contributed by atoms with Gasteiger partial charge >= 0.3 is 5.97 Å². The molecule has 0 fully saturated rings. The number of aliphatic hydroxyl groups is 2. The van der Waals surface area contributed by atoms with Gasteiger partial charge in [0.05, 0.1) is 6.61 Å². The number of carbonyl (C=O) groups excluding carboxylic acids is 1. The van der Waals surface area contributed by atoms with Crippen LogP contribution in [-0.4, -0.2) is 45.0 Å². The van der Waals surface area contributed by atoms with Crippen molar-refractivity contribution in [2.45, 2.75) is 18.1 Å². The average Bonchev–Trinajstić information content (AvgIpc) is 2.61. The summed E-state index contributed by atoms with van der Waals surface area (Å²) in [4.78, 5) is 18.9. The van der Waals surface area contributed by atoms with Gasteiger partial charge in [0, 0.05) is 6.42 Å². The summed E-state index contributed by atoms with van der Waals surface area (Å²) >= 11 is 0. The molecule has 17 heavy (non-hydrogen) atoms. The highest BCUT2D eigenvalue weighted by Gasteiger charge is 2.56. The molecule has 0 aliphatic carbocycles. The molecule has 0 unspecified atom stereocenters. The third-order valence-corrected chi connectivity index (χ3v) is 2.39. The molecule has 0 amide bonds. The SMILES string of the molecule is C=CC[C@]1([C@@H](O)CO)OC(=O)C(OO)=C1OO. The van der Waals surface area contributed by atoms with E-state index in [1.54, 1.807) is 0 Å². The van der Waals surface area contributed by atoms with E-state index in [2.05, 4.69) is 16.4 Å². The molecule has 1 heterocycles. The maximum absolute atomic E-state index is 11.3. The standard InChI is InChI=1S/C9H12O8/c1-2-3-9(5(11)4-10)7(17-14)6(16-13)8(12)15-9/h2,5,10-11,13-14H,1,3-4H2/t5-,9+/m0/s1. The molecule has 8 nitrogen and oxygen atoms in total. The van der Waals surface area contributed by atoms with Crippen LogP contribution in [-0.2, 0) is 19.3 Å². The first kappa shape index (κ1) is 13.5. The molecule has 0 spiro atoms. The second-order valence-corrected chi connectivity index (χ2v) is 3.31. The van der Waals surface area contributed by atoms with Crippen molar-refractivity contribution in [3.63, 3.8) is 0 Å². The van der Waals surface area contributed by atoms with Crippen LogP contribution in [0.4, 0.5) is 0 Å². The molecule has 4 N–H and O–H groups in total. The summed E-state index contributed by atoms with van der Waals surface area (Å²) in [5, 5.41) is 35.7. The number of ether oxygens (including phenoxy) is 1. The molecule has 0 aromatic heterocycles. The van der Waals surface area contributed by atoms with Crippen molar-refractivity contribution in [1.29, 1.82) is 0 Å². The molecule has 1 aliphatic rings. The summed E-state index contributed by atoms with van der Waals surface area (Å²) < 4.78 is 4.78. The number of aliphatic hydroxyl groups excluding tert-OH is 2. The Kier molecular flexibility index (Phi) is 4.07. The lowest BCUT2D eigenvalue weighted by Gasteiger charge is -2.30. The summed E-state index contributed by atoms with van der Waals surface area (Å²) in [5.74, 6) is -2.58. The minimum atomic E-state index is -1.87. The third kappa shape index (κ3) is 1.98. The zero-order valence-electron chi connectivity index (χ0n) is 8.70. The summed E-state index contributed by atoms with van der Waals surface area (Å²) in [6, 6.07) is 0. The van der Waals surface area contributed by atoms with Crippen LogP contribution in [0.25, 0.3) is 0 Å². The smallest absolute Gasteiger partial charge is 0.382 e. The van der Waals surface area contributed by atoms with Gasteiger partial charge < -0.3 is 24.7 Å². The molecule has 0 aromatic rings. The van der Waals surface area contributed by atoms with Gasteiger partial charge in [-0.15, -0.1) is 6.58 Å². The van der Waals surface area contributed by atoms with Crippen LogP contribution in [0, 0.1) is 0 Å². The first-order chi connectivity index (χ1) is 8.07. The lowest BCUT2D eigenvalue weighted by molar-refractivity contribution is -0.247. The quantitative estimate of drug-likeness (QED) is 0.212. The van der Waals surface area contributed by atoms with Gasteiger partial charge in [0.25, 0.3) is 5.76 Å². The number of hydrogen-bond donors (Lipinski definition) is 4. The topological polar surface area (TPSA) is 126 Å². The van der Waals surface area contributed by atoms with Gasteiger partial charge in [0.2, 0.25) is 11.4 Å². The first-order valence-electron chi connectivity index (χ1n) is 4.58. The van der Waals surface area contributed by atoms with Gasteiger partial charge in [-0.2, -0.15) is 0 Å². The van der Waals surface area contributed by atoms with E-state index in [1.807, 2.05) is 0 Å². The Labute approximate surface area is 95.8 Å². The monoisotopic (exact) mass is 248 g/mol. The lowest BCUT2D eigenvalue weighted by Crippen LogP contribution is -2.47. The minimum absolute atomic E-state index is 0.163. The molecule has 0 bridgehead atoms. The molecular weight excluding hydrogens is 236 g/mol. The van der Waals surface area contributed by atoms with Crippen LogP contribution in [0.5, 0.6) is 0 Å². The van der Waals surface area contributed by atoms with Crippen LogP contribution >= 0.6 is 0 Å². The first-order valence-corrected chi connectivity index (χ1v) is 4.58. The fourth-order valence-corrected chi connectivity index (χ4v) is 1.59. The molecular formula is C9H12O8. The van der Waals surface area contributed by atoms with E-state index in [4.69, 9.17) is 20.4 Å². The van der Waals surface area contributed by atoms with Gasteiger partial charge in [-0.1, -0.05) is 6.08 Å². The Morgan fingerprint density at radius 3 is 2.53 bits per heavy atom.